The van der Waals surface area contributed by atoms with Crippen molar-refractivity contribution in [1.82, 2.24) is 4.98 Å². The molecule has 10 heteroatoms. The minimum atomic E-state index is -1.48. The third kappa shape index (κ3) is 5.47. The second-order valence-electron chi connectivity index (χ2n) is 7.56. The van der Waals surface area contributed by atoms with Crippen LogP contribution in [0.5, 0.6) is 11.5 Å². The molecule has 1 aromatic carbocycles. The number of hydrogen-bond donors (Lipinski definition) is 1. The zero-order chi connectivity index (χ0) is 23.4. The van der Waals surface area contributed by atoms with Crippen LogP contribution in [-0.4, -0.2) is 34.1 Å². The summed E-state index contributed by atoms with van der Waals surface area (Å²) in [6, 6.07) is 9.47. The van der Waals surface area contributed by atoms with Crippen LogP contribution in [0.25, 0.3) is 10.6 Å². The second-order valence-corrected chi connectivity index (χ2v) is 8.48. The van der Waals surface area contributed by atoms with Crippen LogP contribution in [-0.2, 0) is 11.2 Å². The van der Waals surface area contributed by atoms with Crippen LogP contribution >= 0.6 is 11.3 Å². The number of nitrogens with zero attached hydrogens (tertiary/aromatic N) is 2. The fraction of sp³-hybridized carbons (Fsp3) is 0.304. The molecule has 3 aromatic rings. The summed E-state index contributed by atoms with van der Waals surface area (Å²) in [5.41, 5.74) is 2.58. The quantitative estimate of drug-likeness (QED) is 0.206. The molecule has 1 saturated heterocycles. The summed E-state index contributed by atoms with van der Waals surface area (Å²) in [4.78, 5) is 27.3. The Morgan fingerprint density at radius 1 is 1.24 bits per heavy atom. The van der Waals surface area contributed by atoms with Crippen LogP contribution in [0.2, 0.25) is 0 Å². The smallest absolute Gasteiger partial charge is 0.463 e. The Hall–Kier alpha value is -3.50. The van der Waals surface area contributed by atoms with Gasteiger partial charge in [-0.05, 0) is 55.0 Å². The highest BCUT2D eigenvalue weighted by Crippen LogP contribution is 2.35. The fourth-order valence-corrected chi connectivity index (χ4v) is 4.56. The van der Waals surface area contributed by atoms with E-state index in [1.807, 2.05) is 30.5 Å². The van der Waals surface area contributed by atoms with Gasteiger partial charge >= 0.3 is 6.16 Å². The minimum absolute atomic E-state index is 0.0608. The van der Waals surface area contributed by atoms with Crippen molar-refractivity contribution in [3.8, 4) is 22.1 Å². The van der Waals surface area contributed by atoms with E-state index in [-0.39, 0.29) is 24.1 Å². The number of nitro benzene ring substituents is 1. The summed E-state index contributed by atoms with van der Waals surface area (Å²) >= 11 is 1.48. The molecule has 0 amide bonds. The van der Waals surface area contributed by atoms with Crippen molar-refractivity contribution in [3.63, 3.8) is 0 Å². The molecule has 1 unspecified atom stereocenters. The second kappa shape index (κ2) is 9.97. The SMILES string of the molecule is Cc1nc(-c2sccc2Cc2cc([N+](=O)[O-])ccc2OC(=O)O)ccc1OC1CCCCO1. The van der Waals surface area contributed by atoms with Crippen molar-refractivity contribution in [1.29, 1.82) is 0 Å². The van der Waals surface area contributed by atoms with E-state index < -0.39 is 11.1 Å². The Morgan fingerprint density at radius 3 is 2.76 bits per heavy atom. The third-order valence-electron chi connectivity index (χ3n) is 5.25. The first-order valence-corrected chi connectivity index (χ1v) is 11.3. The summed E-state index contributed by atoms with van der Waals surface area (Å²) in [7, 11) is 0. The van der Waals surface area contributed by atoms with E-state index in [1.165, 1.54) is 29.5 Å². The molecule has 33 heavy (non-hydrogen) atoms. The summed E-state index contributed by atoms with van der Waals surface area (Å²) in [6.45, 7) is 2.56. The van der Waals surface area contributed by atoms with Crippen LogP contribution in [0.4, 0.5) is 10.5 Å². The molecule has 1 N–H and O–H groups in total. The van der Waals surface area contributed by atoms with Gasteiger partial charge in [-0.15, -0.1) is 11.3 Å². The Morgan fingerprint density at radius 2 is 2.06 bits per heavy atom. The summed E-state index contributed by atoms with van der Waals surface area (Å²) < 4.78 is 16.4. The number of carboxylic acid groups (broad SMARTS) is 1. The Bertz CT molecular complexity index is 1170. The molecule has 1 aliphatic rings. The summed E-state index contributed by atoms with van der Waals surface area (Å²) in [5.74, 6) is 0.727. The van der Waals surface area contributed by atoms with Gasteiger partial charge in [0, 0.05) is 30.5 Å². The molecule has 0 saturated carbocycles. The average Bonchev–Trinajstić information content (AvgIpc) is 3.25. The van der Waals surface area contributed by atoms with Crippen LogP contribution in [0.15, 0.2) is 41.8 Å². The number of thiophene rings is 1. The van der Waals surface area contributed by atoms with Gasteiger partial charge in [-0.25, -0.2) is 9.78 Å². The highest BCUT2D eigenvalue weighted by atomic mass is 32.1. The molecule has 1 fully saturated rings. The van der Waals surface area contributed by atoms with Crippen LogP contribution in [0, 0.1) is 17.0 Å². The van der Waals surface area contributed by atoms with Gasteiger partial charge in [0.2, 0.25) is 0 Å². The van der Waals surface area contributed by atoms with Crippen LogP contribution in [0.3, 0.4) is 0 Å². The lowest BCUT2D eigenvalue weighted by molar-refractivity contribution is -0.384. The monoisotopic (exact) mass is 470 g/mol. The largest absolute Gasteiger partial charge is 0.511 e. The van der Waals surface area contributed by atoms with E-state index in [9.17, 15) is 14.9 Å². The first-order valence-electron chi connectivity index (χ1n) is 10.4. The van der Waals surface area contributed by atoms with Crippen molar-refractivity contribution in [2.45, 2.75) is 38.9 Å². The molecule has 9 nitrogen and oxygen atoms in total. The average molecular weight is 471 g/mol. The Labute approximate surface area is 193 Å². The number of aryl methyl sites for hydroxylation is 1. The lowest BCUT2D eigenvalue weighted by atomic mass is 10.0. The molecule has 0 radical (unpaired) electrons. The zero-order valence-corrected chi connectivity index (χ0v) is 18.7. The number of ether oxygens (including phenoxy) is 3. The van der Waals surface area contributed by atoms with E-state index in [2.05, 4.69) is 0 Å². The molecule has 1 atom stereocenters. The van der Waals surface area contributed by atoms with E-state index in [0.717, 1.165) is 41.1 Å². The highest BCUT2D eigenvalue weighted by Gasteiger charge is 2.19. The van der Waals surface area contributed by atoms with Gasteiger partial charge in [0.15, 0.2) is 6.29 Å². The Balaban J connectivity index is 1.60. The minimum Gasteiger partial charge on any atom is -0.463 e. The van der Waals surface area contributed by atoms with Gasteiger partial charge < -0.3 is 19.3 Å². The van der Waals surface area contributed by atoms with Gasteiger partial charge in [-0.3, -0.25) is 10.1 Å². The third-order valence-corrected chi connectivity index (χ3v) is 6.23. The van der Waals surface area contributed by atoms with Crippen LogP contribution < -0.4 is 9.47 Å². The molecule has 4 rings (SSSR count). The van der Waals surface area contributed by atoms with Crippen molar-refractivity contribution in [2.24, 2.45) is 0 Å². The van der Waals surface area contributed by atoms with E-state index in [4.69, 9.17) is 24.3 Å². The lowest BCUT2D eigenvalue weighted by Crippen LogP contribution is -2.25. The topological polar surface area (TPSA) is 121 Å². The number of carbonyl (C=O) groups is 1. The number of aromatic nitrogens is 1. The number of benzene rings is 1. The maximum atomic E-state index is 11.2. The fourth-order valence-electron chi connectivity index (χ4n) is 3.66. The highest BCUT2D eigenvalue weighted by molar-refractivity contribution is 7.13. The molecule has 3 heterocycles. The normalized spacial score (nSPS) is 15.7. The van der Waals surface area contributed by atoms with Crippen molar-refractivity contribution in [3.05, 3.63) is 68.7 Å². The number of hydrogen-bond acceptors (Lipinski definition) is 8. The van der Waals surface area contributed by atoms with Gasteiger partial charge in [0.05, 0.1) is 27.8 Å². The lowest BCUT2D eigenvalue weighted by Gasteiger charge is -2.24. The van der Waals surface area contributed by atoms with Crippen molar-refractivity contribution in [2.75, 3.05) is 6.61 Å². The van der Waals surface area contributed by atoms with E-state index >= 15 is 0 Å². The predicted molar refractivity (Wildman–Crippen MR) is 121 cm³/mol. The maximum Gasteiger partial charge on any atom is 0.511 e. The summed E-state index contributed by atoms with van der Waals surface area (Å²) in [6.07, 6.45) is 1.47. The maximum absolute atomic E-state index is 11.2. The van der Waals surface area contributed by atoms with E-state index in [1.54, 1.807) is 0 Å². The van der Waals surface area contributed by atoms with Crippen molar-refractivity contribution >= 4 is 23.2 Å². The number of pyridine rings is 1. The number of nitro groups is 1. The molecular formula is C23H22N2O7S. The molecule has 0 aliphatic carbocycles. The van der Waals surface area contributed by atoms with Gasteiger partial charge in [0.25, 0.3) is 5.69 Å². The van der Waals surface area contributed by atoms with E-state index in [0.29, 0.717) is 17.9 Å². The van der Waals surface area contributed by atoms with Crippen LogP contribution in [0.1, 0.15) is 36.1 Å². The molecule has 0 bridgehead atoms. The van der Waals surface area contributed by atoms with Crippen molar-refractivity contribution < 1.29 is 29.0 Å². The molecule has 0 spiro atoms. The summed E-state index contributed by atoms with van der Waals surface area (Å²) in [5, 5.41) is 22.1. The van der Waals surface area contributed by atoms with Gasteiger partial charge in [-0.2, -0.15) is 0 Å². The number of non-ortho nitro benzene ring substituents is 1. The standard InChI is InChI=1S/C23H22N2O7S/c1-14-19(31-21-4-2-3-10-30-21)8-6-18(24-14)22-15(9-11-33-22)12-16-13-17(25(28)29)5-7-20(16)32-23(26)27/h5-9,11,13,21H,2-4,10,12H2,1H3,(H,26,27). The number of rotatable bonds is 7. The van der Waals surface area contributed by atoms with Gasteiger partial charge in [-0.1, -0.05) is 0 Å². The molecule has 2 aromatic heterocycles. The zero-order valence-electron chi connectivity index (χ0n) is 17.9. The molecule has 172 valence electrons. The first-order chi connectivity index (χ1) is 15.9. The first kappa shape index (κ1) is 22.7. The van der Waals surface area contributed by atoms with Gasteiger partial charge in [0.1, 0.15) is 11.5 Å². The Kier molecular flexibility index (Phi) is 6.85. The molecule has 1 aliphatic heterocycles. The predicted octanol–water partition coefficient (Wildman–Crippen LogP) is 5.58. The molecular weight excluding hydrogens is 448 g/mol.